The number of nitrogens with zero attached hydrogens (tertiary/aromatic N) is 3. The van der Waals surface area contributed by atoms with Gasteiger partial charge in [-0.25, -0.2) is 0 Å². The maximum absolute atomic E-state index is 12.8. The van der Waals surface area contributed by atoms with Crippen molar-refractivity contribution in [3.63, 3.8) is 0 Å². The molecule has 3 rings (SSSR count). The molecule has 0 aliphatic carbocycles. The van der Waals surface area contributed by atoms with Crippen LogP contribution in [0.15, 0.2) is 41.3 Å². The van der Waals surface area contributed by atoms with Gasteiger partial charge in [-0.2, -0.15) is 13.2 Å². The van der Waals surface area contributed by atoms with E-state index in [0.717, 1.165) is 12.1 Å². The van der Waals surface area contributed by atoms with Crippen molar-refractivity contribution in [3.05, 3.63) is 68.1 Å². The number of halogens is 3. The maximum atomic E-state index is 12.8. The quantitative estimate of drug-likeness (QED) is 0.634. The third-order valence-electron chi connectivity index (χ3n) is 4.44. The smallest absolute Gasteiger partial charge is 0.362 e. The molecule has 0 radical (unpaired) electrons. The normalized spacial score (nSPS) is 14.8. The van der Waals surface area contributed by atoms with Crippen molar-refractivity contribution < 1.29 is 22.9 Å². The lowest BCUT2D eigenvalue weighted by atomic mass is 10.1. The van der Waals surface area contributed by atoms with Gasteiger partial charge >= 0.3 is 6.18 Å². The third-order valence-corrected chi connectivity index (χ3v) is 4.44. The molecule has 0 bridgehead atoms. The summed E-state index contributed by atoms with van der Waals surface area (Å²) in [5, 5.41) is 11.2. The minimum atomic E-state index is -4.68. The maximum Gasteiger partial charge on any atom is 0.416 e. The number of benzene rings is 1. The van der Waals surface area contributed by atoms with Crippen LogP contribution < -0.4 is 10.5 Å². The van der Waals surface area contributed by atoms with E-state index in [1.807, 2.05) is 0 Å². The minimum absolute atomic E-state index is 0.0779. The van der Waals surface area contributed by atoms with Crippen LogP contribution in [0.5, 0.6) is 0 Å². The average molecular weight is 396 g/mol. The molecule has 28 heavy (non-hydrogen) atoms. The summed E-state index contributed by atoms with van der Waals surface area (Å²) in [4.78, 5) is 39.4. The zero-order chi connectivity index (χ0) is 20.5. The number of rotatable bonds is 3. The van der Waals surface area contributed by atoms with Crippen LogP contribution in [0.4, 0.5) is 24.5 Å². The molecule has 0 atom stereocenters. The summed E-state index contributed by atoms with van der Waals surface area (Å²) in [6.45, 7) is 0.912. The highest BCUT2D eigenvalue weighted by atomic mass is 19.4. The number of piperazine rings is 1. The number of carbonyl (C=O) groups is 1. The number of alkyl halides is 3. The summed E-state index contributed by atoms with van der Waals surface area (Å²) >= 11 is 0. The fourth-order valence-electron chi connectivity index (χ4n) is 2.99. The molecular weight excluding hydrogens is 381 g/mol. The van der Waals surface area contributed by atoms with Crippen LogP contribution in [0, 0.1) is 10.1 Å². The number of hydrogen-bond acceptors (Lipinski definition) is 5. The molecule has 1 aromatic heterocycles. The predicted molar refractivity (Wildman–Crippen MR) is 93.3 cm³/mol. The van der Waals surface area contributed by atoms with Crippen LogP contribution >= 0.6 is 0 Å². The predicted octanol–water partition coefficient (Wildman–Crippen LogP) is 2.26. The molecule has 0 spiro atoms. The lowest BCUT2D eigenvalue weighted by Gasteiger charge is -2.35. The van der Waals surface area contributed by atoms with Crippen molar-refractivity contribution in [1.82, 2.24) is 9.88 Å². The van der Waals surface area contributed by atoms with Gasteiger partial charge in [-0.05, 0) is 18.2 Å². The van der Waals surface area contributed by atoms with E-state index in [2.05, 4.69) is 4.98 Å². The van der Waals surface area contributed by atoms with Crippen LogP contribution in [-0.2, 0) is 6.18 Å². The van der Waals surface area contributed by atoms with Crippen LogP contribution in [-0.4, -0.2) is 46.9 Å². The second-order valence-electron chi connectivity index (χ2n) is 6.18. The largest absolute Gasteiger partial charge is 0.416 e. The molecule has 8 nitrogen and oxygen atoms in total. The second kappa shape index (κ2) is 7.33. The number of aromatic nitrogens is 1. The van der Waals surface area contributed by atoms with E-state index in [-0.39, 0.29) is 43.3 Å². The van der Waals surface area contributed by atoms with Crippen molar-refractivity contribution >= 4 is 17.3 Å². The van der Waals surface area contributed by atoms with Gasteiger partial charge in [0.2, 0.25) is 5.56 Å². The fourth-order valence-corrected chi connectivity index (χ4v) is 2.99. The van der Waals surface area contributed by atoms with Gasteiger partial charge in [-0.1, -0.05) is 0 Å². The molecule has 0 saturated carbocycles. The lowest BCUT2D eigenvalue weighted by Crippen LogP contribution is -2.49. The van der Waals surface area contributed by atoms with Gasteiger partial charge in [-0.15, -0.1) is 0 Å². The van der Waals surface area contributed by atoms with E-state index >= 15 is 0 Å². The molecule has 0 unspecified atom stereocenters. The molecule has 148 valence electrons. The Hall–Kier alpha value is -3.37. The van der Waals surface area contributed by atoms with Crippen molar-refractivity contribution in [1.29, 1.82) is 0 Å². The number of H-pyrrole nitrogens is 1. The number of pyridine rings is 1. The standard InChI is InChI=1S/C17H15F3N4O4/c18-17(19,20)12-2-3-13(14(9-12)24(27)28)22-5-7-23(8-6-22)16(26)11-1-4-15(25)21-10-11/h1-4,9-10H,5-8H2,(H,21,25). The minimum Gasteiger partial charge on any atom is -0.362 e. The number of aromatic amines is 1. The van der Waals surface area contributed by atoms with Gasteiger partial charge in [0.05, 0.1) is 16.1 Å². The topological polar surface area (TPSA) is 99.6 Å². The Bertz CT molecular complexity index is 945. The van der Waals surface area contributed by atoms with Crippen LogP contribution in [0.2, 0.25) is 0 Å². The fraction of sp³-hybridized carbons (Fsp3) is 0.294. The van der Waals surface area contributed by atoms with Gasteiger partial charge in [0.25, 0.3) is 11.6 Å². The van der Waals surface area contributed by atoms with Crippen molar-refractivity contribution in [2.24, 2.45) is 0 Å². The molecule has 1 amide bonds. The monoisotopic (exact) mass is 396 g/mol. The zero-order valence-corrected chi connectivity index (χ0v) is 14.4. The summed E-state index contributed by atoms with van der Waals surface area (Å²) in [6.07, 6.45) is -3.37. The summed E-state index contributed by atoms with van der Waals surface area (Å²) in [7, 11) is 0. The van der Waals surface area contributed by atoms with Gasteiger partial charge < -0.3 is 14.8 Å². The summed E-state index contributed by atoms with van der Waals surface area (Å²) in [5.41, 5.74) is -1.68. The van der Waals surface area contributed by atoms with Crippen LogP contribution in [0.1, 0.15) is 15.9 Å². The van der Waals surface area contributed by atoms with Gasteiger partial charge in [0, 0.05) is 44.5 Å². The third kappa shape index (κ3) is 3.97. The number of carbonyl (C=O) groups excluding carboxylic acids is 1. The summed E-state index contributed by atoms with van der Waals surface area (Å²) in [5.74, 6) is -0.308. The number of hydrogen-bond donors (Lipinski definition) is 1. The number of amides is 1. The highest BCUT2D eigenvalue weighted by Crippen LogP contribution is 2.36. The summed E-state index contributed by atoms with van der Waals surface area (Å²) in [6, 6.07) is 5.04. The Balaban J connectivity index is 1.76. The van der Waals surface area contributed by atoms with Crippen molar-refractivity contribution in [3.8, 4) is 0 Å². The van der Waals surface area contributed by atoms with E-state index in [1.165, 1.54) is 23.2 Å². The molecule has 1 aliphatic rings. The molecule has 1 fully saturated rings. The molecule has 11 heteroatoms. The van der Waals surface area contributed by atoms with Crippen LogP contribution in [0.3, 0.4) is 0 Å². The summed E-state index contributed by atoms with van der Waals surface area (Å²) < 4.78 is 38.5. The first-order valence-electron chi connectivity index (χ1n) is 8.25. The molecule has 1 saturated heterocycles. The lowest BCUT2D eigenvalue weighted by molar-refractivity contribution is -0.384. The first-order valence-corrected chi connectivity index (χ1v) is 8.25. The Labute approximate surface area is 156 Å². The first kappa shape index (κ1) is 19.4. The Morgan fingerprint density at radius 2 is 1.79 bits per heavy atom. The highest BCUT2D eigenvalue weighted by Gasteiger charge is 2.34. The molecule has 1 N–H and O–H groups in total. The molecule has 1 aromatic carbocycles. The van der Waals surface area contributed by atoms with Gasteiger partial charge in [0.15, 0.2) is 0 Å². The number of nitro groups is 1. The molecule has 2 aromatic rings. The second-order valence-corrected chi connectivity index (χ2v) is 6.18. The van der Waals surface area contributed by atoms with Crippen molar-refractivity contribution in [2.45, 2.75) is 6.18 Å². The number of nitro benzene ring substituents is 1. The SMILES string of the molecule is O=C(c1ccc(=O)[nH]c1)N1CCN(c2ccc(C(F)(F)F)cc2[N+](=O)[O-])CC1. The van der Waals surface area contributed by atoms with Crippen LogP contribution in [0.25, 0.3) is 0 Å². The first-order chi connectivity index (χ1) is 13.2. The van der Waals surface area contributed by atoms with Gasteiger partial charge in [-0.3, -0.25) is 19.7 Å². The van der Waals surface area contributed by atoms with E-state index in [4.69, 9.17) is 0 Å². The Kier molecular flexibility index (Phi) is 5.08. The Morgan fingerprint density at radius 1 is 1.11 bits per heavy atom. The molecule has 1 aliphatic heterocycles. The highest BCUT2D eigenvalue weighted by molar-refractivity contribution is 5.94. The number of nitrogens with one attached hydrogen (secondary N) is 1. The van der Waals surface area contributed by atoms with E-state index in [0.29, 0.717) is 11.6 Å². The average Bonchev–Trinajstić information content (AvgIpc) is 2.67. The number of anilines is 1. The van der Waals surface area contributed by atoms with Gasteiger partial charge in [0.1, 0.15) is 5.69 Å². The Morgan fingerprint density at radius 3 is 2.32 bits per heavy atom. The zero-order valence-electron chi connectivity index (χ0n) is 14.4. The molecule has 2 heterocycles. The van der Waals surface area contributed by atoms with Crippen molar-refractivity contribution in [2.75, 3.05) is 31.1 Å². The molecular formula is C17H15F3N4O4. The van der Waals surface area contributed by atoms with E-state index < -0.39 is 22.4 Å². The van der Waals surface area contributed by atoms with E-state index in [1.54, 1.807) is 4.90 Å². The van der Waals surface area contributed by atoms with E-state index in [9.17, 15) is 32.9 Å².